The molecule has 0 unspecified atom stereocenters. The van der Waals surface area contributed by atoms with Gasteiger partial charge < -0.3 is 19.7 Å². The fraction of sp³-hybridized carbons (Fsp3) is 0.562. The SMILES string of the molecule is CCN(C)C(=O)COc1ccc(OC)cc1CNC(C)C. The average molecular weight is 294 g/mol. The molecule has 0 atom stereocenters. The van der Waals surface area contributed by atoms with E-state index in [1.165, 1.54) is 0 Å². The Hall–Kier alpha value is -1.75. The second-order valence-electron chi connectivity index (χ2n) is 5.21. The van der Waals surface area contributed by atoms with Gasteiger partial charge in [0.2, 0.25) is 0 Å². The first-order chi connectivity index (χ1) is 9.97. The molecule has 1 amide bonds. The van der Waals surface area contributed by atoms with Gasteiger partial charge in [-0.05, 0) is 25.1 Å². The summed E-state index contributed by atoms with van der Waals surface area (Å²) in [6.07, 6.45) is 0. The lowest BCUT2D eigenvalue weighted by molar-refractivity contribution is -0.131. The van der Waals surface area contributed by atoms with Gasteiger partial charge >= 0.3 is 0 Å². The highest BCUT2D eigenvalue weighted by molar-refractivity contribution is 5.77. The number of hydrogen-bond donors (Lipinski definition) is 1. The number of methoxy groups -OCH3 is 1. The van der Waals surface area contributed by atoms with E-state index < -0.39 is 0 Å². The molecule has 0 aliphatic rings. The molecule has 0 aliphatic heterocycles. The van der Waals surface area contributed by atoms with Crippen molar-refractivity contribution in [3.63, 3.8) is 0 Å². The van der Waals surface area contributed by atoms with Gasteiger partial charge in [0, 0.05) is 31.7 Å². The van der Waals surface area contributed by atoms with Gasteiger partial charge in [0.1, 0.15) is 11.5 Å². The van der Waals surface area contributed by atoms with E-state index in [1.54, 1.807) is 19.1 Å². The van der Waals surface area contributed by atoms with E-state index >= 15 is 0 Å². The standard InChI is InChI=1S/C16H26N2O3/c1-6-18(4)16(19)11-21-15-8-7-14(20-5)9-13(15)10-17-12(2)3/h7-9,12,17H,6,10-11H2,1-5H3. The molecule has 0 fully saturated rings. The largest absolute Gasteiger partial charge is 0.497 e. The van der Waals surface area contributed by atoms with E-state index in [0.29, 0.717) is 24.9 Å². The van der Waals surface area contributed by atoms with E-state index in [2.05, 4.69) is 19.2 Å². The number of nitrogens with zero attached hydrogens (tertiary/aromatic N) is 1. The van der Waals surface area contributed by atoms with Crippen LogP contribution in [-0.4, -0.2) is 44.2 Å². The first-order valence-electron chi connectivity index (χ1n) is 7.25. The molecular formula is C16H26N2O3. The van der Waals surface area contributed by atoms with Crippen molar-refractivity contribution in [1.82, 2.24) is 10.2 Å². The summed E-state index contributed by atoms with van der Waals surface area (Å²) in [5, 5.41) is 3.34. The van der Waals surface area contributed by atoms with Gasteiger partial charge in [-0.1, -0.05) is 13.8 Å². The van der Waals surface area contributed by atoms with E-state index in [4.69, 9.17) is 9.47 Å². The number of hydrogen-bond acceptors (Lipinski definition) is 4. The zero-order valence-electron chi connectivity index (χ0n) is 13.6. The van der Waals surface area contributed by atoms with Crippen LogP contribution in [-0.2, 0) is 11.3 Å². The molecule has 0 aromatic heterocycles. The maximum absolute atomic E-state index is 11.8. The van der Waals surface area contributed by atoms with Crippen molar-refractivity contribution >= 4 is 5.91 Å². The minimum absolute atomic E-state index is 0.0314. The van der Waals surface area contributed by atoms with Crippen molar-refractivity contribution in [3.05, 3.63) is 23.8 Å². The highest BCUT2D eigenvalue weighted by atomic mass is 16.5. The third-order valence-electron chi connectivity index (χ3n) is 3.22. The Balaban J connectivity index is 2.77. The van der Waals surface area contributed by atoms with Gasteiger partial charge in [-0.3, -0.25) is 4.79 Å². The molecule has 0 heterocycles. The van der Waals surface area contributed by atoms with E-state index in [9.17, 15) is 4.79 Å². The number of likely N-dealkylation sites (N-methyl/N-ethyl adjacent to an activating group) is 1. The Bertz CT molecular complexity index is 461. The van der Waals surface area contributed by atoms with Crippen molar-refractivity contribution in [2.45, 2.75) is 33.4 Å². The molecule has 1 aromatic rings. The summed E-state index contributed by atoms with van der Waals surface area (Å²) in [5.41, 5.74) is 0.981. The maximum atomic E-state index is 11.8. The van der Waals surface area contributed by atoms with Crippen LogP contribution >= 0.6 is 0 Å². The summed E-state index contributed by atoms with van der Waals surface area (Å²) in [7, 11) is 3.40. The fourth-order valence-corrected chi connectivity index (χ4v) is 1.70. The number of rotatable bonds is 8. The van der Waals surface area contributed by atoms with Crippen molar-refractivity contribution < 1.29 is 14.3 Å². The Kier molecular flexibility index (Phi) is 7.02. The summed E-state index contributed by atoms with van der Waals surface area (Å²) >= 11 is 0. The molecule has 0 radical (unpaired) electrons. The third kappa shape index (κ3) is 5.63. The van der Waals surface area contributed by atoms with Gasteiger partial charge in [0.05, 0.1) is 7.11 Å². The second kappa shape index (κ2) is 8.52. The number of carbonyl (C=O) groups excluding carboxylic acids is 1. The second-order valence-corrected chi connectivity index (χ2v) is 5.21. The summed E-state index contributed by atoms with van der Waals surface area (Å²) in [5.74, 6) is 1.46. The number of amides is 1. The van der Waals surface area contributed by atoms with Crippen LogP contribution in [0.3, 0.4) is 0 Å². The minimum atomic E-state index is -0.0314. The Morgan fingerprint density at radius 3 is 2.67 bits per heavy atom. The lowest BCUT2D eigenvalue weighted by atomic mass is 10.1. The van der Waals surface area contributed by atoms with Gasteiger partial charge in [0.25, 0.3) is 5.91 Å². The summed E-state index contributed by atoms with van der Waals surface area (Å²) < 4.78 is 10.9. The van der Waals surface area contributed by atoms with Gasteiger partial charge in [-0.2, -0.15) is 0 Å². The molecule has 21 heavy (non-hydrogen) atoms. The lowest BCUT2D eigenvalue weighted by Crippen LogP contribution is -2.31. The first kappa shape index (κ1) is 17.3. The Labute approximate surface area is 127 Å². The topological polar surface area (TPSA) is 50.8 Å². The number of benzene rings is 1. The molecule has 0 saturated heterocycles. The molecule has 118 valence electrons. The highest BCUT2D eigenvalue weighted by Gasteiger charge is 2.11. The molecular weight excluding hydrogens is 268 g/mol. The number of nitrogens with one attached hydrogen (secondary N) is 1. The van der Waals surface area contributed by atoms with Crippen LogP contribution in [0.15, 0.2) is 18.2 Å². The summed E-state index contributed by atoms with van der Waals surface area (Å²) in [6, 6.07) is 5.98. The van der Waals surface area contributed by atoms with Gasteiger partial charge in [-0.25, -0.2) is 0 Å². The van der Waals surface area contributed by atoms with E-state index in [-0.39, 0.29) is 12.5 Å². The molecule has 0 bridgehead atoms. The predicted molar refractivity (Wildman–Crippen MR) is 83.8 cm³/mol. The van der Waals surface area contributed by atoms with Crippen LogP contribution in [0.5, 0.6) is 11.5 Å². The Morgan fingerprint density at radius 1 is 1.38 bits per heavy atom. The maximum Gasteiger partial charge on any atom is 0.260 e. The number of ether oxygens (including phenoxy) is 2. The average Bonchev–Trinajstić information content (AvgIpc) is 2.49. The lowest BCUT2D eigenvalue weighted by Gasteiger charge is -2.17. The predicted octanol–water partition coefficient (Wildman–Crippen LogP) is 2.05. The zero-order chi connectivity index (χ0) is 15.8. The molecule has 0 aliphatic carbocycles. The molecule has 0 spiro atoms. The van der Waals surface area contributed by atoms with Crippen molar-refractivity contribution in [2.75, 3.05) is 27.3 Å². The fourth-order valence-electron chi connectivity index (χ4n) is 1.70. The van der Waals surface area contributed by atoms with Crippen LogP contribution in [0.1, 0.15) is 26.3 Å². The van der Waals surface area contributed by atoms with Crippen LogP contribution in [0.2, 0.25) is 0 Å². The monoisotopic (exact) mass is 294 g/mol. The van der Waals surface area contributed by atoms with Crippen LogP contribution < -0.4 is 14.8 Å². The van der Waals surface area contributed by atoms with Gasteiger partial charge in [-0.15, -0.1) is 0 Å². The van der Waals surface area contributed by atoms with Crippen molar-refractivity contribution in [2.24, 2.45) is 0 Å². The minimum Gasteiger partial charge on any atom is -0.497 e. The van der Waals surface area contributed by atoms with Crippen LogP contribution in [0.25, 0.3) is 0 Å². The molecule has 5 heteroatoms. The van der Waals surface area contributed by atoms with Crippen molar-refractivity contribution in [1.29, 1.82) is 0 Å². The Morgan fingerprint density at radius 2 is 2.10 bits per heavy atom. The van der Waals surface area contributed by atoms with E-state index in [0.717, 1.165) is 11.3 Å². The van der Waals surface area contributed by atoms with E-state index in [1.807, 2.05) is 25.1 Å². The molecule has 0 saturated carbocycles. The zero-order valence-corrected chi connectivity index (χ0v) is 13.6. The first-order valence-corrected chi connectivity index (χ1v) is 7.25. The molecule has 1 N–H and O–H groups in total. The molecule has 1 rings (SSSR count). The number of carbonyl (C=O) groups is 1. The summed E-state index contributed by atoms with van der Waals surface area (Å²) in [6.45, 7) is 7.49. The van der Waals surface area contributed by atoms with Gasteiger partial charge in [0.15, 0.2) is 6.61 Å². The third-order valence-corrected chi connectivity index (χ3v) is 3.22. The molecule has 5 nitrogen and oxygen atoms in total. The smallest absolute Gasteiger partial charge is 0.260 e. The normalized spacial score (nSPS) is 10.6. The van der Waals surface area contributed by atoms with Crippen LogP contribution in [0, 0.1) is 0 Å². The molecule has 1 aromatic carbocycles. The van der Waals surface area contributed by atoms with Crippen molar-refractivity contribution in [3.8, 4) is 11.5 Å². The highest BCUT2D eigenvalue weighted by Crippen LogP contribution is 2.24. The van der Waals surface area contributed by atoms with Crippen LogP contribution in [0.4, 0.5) is 0 Å². The quantitative estimate of drug-likeness (QED) is 0.797. The summed E-state index contributed by atoms with van der Waals surface area (Å²) in [4.78, 5) is 13.4.